The quantitative estimate of drug-likeness (QED) is 0.859. The van der Waals surface area contributed by atoms with Gasteiger partial charge in [0.25, 0.3) is 0 Å². The van der Waals surface area contributed by atoms with Crippen molar-refractivity contribution in [2.45, 2.75) is 26.4 Å². The number of rotatable bonds is 6. The van der Waals surface area contributed by atoms with Crippen LogP contribution in [0.5, 0.6) is 5.75 Å². The summed E-state index contributed by atoms with van der Waals surface area (Å²) in [5.41, 5.74) is 9.39. The van der Waals surface area contributed by atoms with Gasteiger partial charge in [0, 0.05) is 0 Å². The van der Waals surface area contributed by atoms with Crippen LogP contribution in [0.1, 0.15) is 23.6 Å². The highest BCUT2D eigenvalue weighted by molar-refractivity contribution is 5.34. The van der Waals surface area contributed by atoms with Gasteiger partial charge in [-0.1, -0.05) is 49.4 Å². The van der Waals surface area contributed by atoms with E-state index in [1.54, 1.807) is 0 Å². The van der Waals surface area contributed by atoms with E-state index in [2.05, 4.69) is 31.2 Å². The Morgan fingerprint density at radius 3 is 2.21 bits per heavy atom. The van der Waals surface area contributed by atoms with Crippen LogP contribution >= 0.6 is 0 Å². The maximum absolute atomic E-state index is 5.96. The van der Waals surface area contributed by atoms with Crippen molar-refractivity contribution in [2.75, 3.05) is 6.54 Å². The highest BCUT2D eigenvalue weighted by atomic mass is 16.5. The molecule has 0 atom stereocenters. The van der Waals surface area contributed by atoms with Crippen molar-refractivity contribution < 1.29 is 4.74 Å². The third kappa shape index (κ3) is 3.58. The fraction of sp³-hybridized carbons (Fsp3) is 0.294. The minimum atomic E-state index is 0.604. The number of para-hydroxylation sites is 1. The van der Waals surface area contributed by atoms with Gasteiger partial charge >= 0.3 is 0 Å². The molecule has 2 heteroatoms. The monoisotopic (exact) mass is 255 g/mol. The third-order valence-electron chi connectivity index (χ3n) is 3.27. The number of ether oxygens (including phenoxy) is 1. The van der Waals surface area contributed by atoms with Crippen LogP contribution in [-0.4, -0.2) is 6.54 Å². The van der Waals surface area contributed by atoms with Crippen molar-refractivity contribution in [3.8, 4) is 5.75 Å². The van der Waals surface area contributed by atoms with Crippen LogP contribution in [-0.2, 0) is 19.4 Å². The average Bonchev–Trinajstić information content (AvgIpc) is 2.47. The summed E-state index contributed by atoms with van der Waals surface area (Å²) in [6.45, 7) is 3.42. The average molecular weight is 255 g/mol. The molecule has 0 aromatic heterocycles. The molecule has 0 aliphatic heterocycles. The predicted octanol–water partition coefficient (Wildman–Crippen LogP) is 3.33. The lowest BCUT2D eigenvalue weighted by Gasteiger charge is -2.13. The zero-order valence-electron chi connectivity index (χ0n) is 11.4. The zero-order chi connectivity index (χ0) is 13.5. The van der Waals surface area contributed by atoms with E-state index in [9.17, 15) is 0 Å². The van der Waals surface area contributed by atoms with Crippen molar-refractivity contribution in [3.63, 3.8) is 0 Å². The molecule has 0 saturated heterocycles. The molecule has 0 aliphatic carbocycles. The molecule has 0 saturated carbocycles. The summed E-state index contributed by atoms with van der Waals surface area (Å²) >= 11 is 0. The molecule has 2 aromatic carbocycles. The van der Waals surface area contributed by atoms with Gasteiger partial charge in [0.15, 0.2) is 0 Å². The molecule has 0 amide bonds. The van der Waals surface area contributed by atoms with Crippen molar-refractivity contribution in [1.82, 2.24) is 0 Å². The molecular formula is C17H21NO. The van der Waals surface area contributed by atoms with E-state index in [0.29, 0.717) is 13.2 Å². The van der Waals surface area contributed by atoms with Crippen LogP contribution in [0.25, 0.3) is 0 Å². The van der Waals surface area contributed by atoms with E-state index in [4.69, 9.17) is 10.5 Å². The third-order valence-corrected chi connectivity index (χ3v) is 3.27. The van der Waals surface area contributed by atoms with Crippen LogP contribution < -0.4 is 10.5 Å². The SMILES string of the molecule is CCc1ccccc1OCc1ccccc1CCN. The number of aryl methyl sites for hydroxylation is 1. The van der Waals surface area contributed by atoms with E-state index in [0.717, 1.165) is 18.6 Å². The molecule has 100 valence electrons. The van der Waals surface area contributed by atoms with Crippen LogP contribution in [0.15, 0.2) is 48.5 Å². The summed E-state index contributed by atoms with van der Waals surface area (Å²) < 4.78 is 5.96. The summed E-state index contributed by atoms with van der Waals surface area (Å²) in [6, 6.07) is 16.5. The summed E-state index contributed by atoms with van der Waals surface area (Å²) in [7, 11) is 0. The summed E-state index contributed by atoms with van der Waals surface area (Å²) in [6.07, 6.45) is 1.88. The van der Waals surface area contributed by atoms with Crippen LogP contribution in [0.3, 0.4) is 0 Å². The van der Waals surface area contributed by atoms with Gasteiger partial charge in [0.1, 0.15) is 12.4 Å². The first-order chi connectivity index (χ1) is 9.35. The van der Waals surface area contributed by atoms with Crippen molar-refractivity contribution in [3.05, 3.63) is 65.2 Å². The lowest BCUT2D eigenvalue weighted by atomic mass is 10.1. The second-order valence-corrected chi connectivity index (χ2v) is 4.56. The minimum Gasteiger partial charge on any atom is -0.489 e. The summed E-state index contributed by atoms with van der Waals surface area (Å²) in [4.78, 5) is 0. The van der Waals surface area contributed by atoms with Gasteiger partial charge in [0.2, 0.25) is 0 Å². The fourth-order valence-electron chi connectivity index (χ4n) is 2.19. The molecule has 2 nitrogen and oxygen atoms in total. The molecule has 0 aliphatic rings. The van der Waals surface area contributed by atoms with Crippen LogP contribution in [0, 0.1) is 0 Å². The molecule has 0 radical (unpaired) electrons. The maximum Gasteiger partial charge on any atom is 0.122 e. The first-order valence-corrected chi connectivity index (χ1v) is 6.82. The van der Waals surface area contributed by atoms with Gasteiger partial charge in [-0.2, -0.15) is 0 Å². The molecular weight excluding hydrogens is 234 g/mol. The molecule has 19 heavy (non-hydrogen) atoms. The summed E-state index contributed by atoms with van der Waals surface area (Å²) in [5, 5.41) is 0. The molecule has 0 bridgehead atoms. The number of benzene rings is 2. The van der Waals surface area contributed by atoms with Crippen LogP contribution in [0.4, 0.5) is 0 Å². The van der Waals surface area contributed by atoms with E-state index in [1.807, 2.05) is 24.3 Å². The lowest BCUT2D eigenvalue weighted by molar-refractivity contribution is 0.302. The van der Waals surface area contributed by atoms with Crippen molar-refractivity contribution >= 4 is 0 Å². The topological polar surface area (TPSA) is 35.2 Å². The van der Waals surface area contributed by atoms with E-state index >= 15 is 0 Å². The number of hydrogen-bond acceptors (Lipinski definition) is 2. The zero-order valence-corrected chi connectivity index (χ0v) is 11.4. The fourth-order valence-corrected chi connectivity index (χ4v) is 2.19. The first kappa shape index (κ1) is 13.6. The molecule has 0 spiro atoms. The highest BCUT2D eigenvalue weighted by Crippen LogP contribution is 2.20. The Labute approximate surface area is 115 Å². The Morgan fingerprint density at radius 2 is 1.53 bits per heavy atom. The smallest absolute Gasteiger partial charge is 0.122 e. The molecule has 0 heterocycles. The van der Waals surface area contributed by atoms with Crippen molar-refractivity contribution in [1.29, 1.82) is 0 Å². The molecule has 0 fully saturated rings. The highest BCUT2D eigenvalue weighted by Gasteiger charge is 2.04. The summed E-state index contributed by atoms with van der Waals surface area (Å²) in [5.74, 6) is 0.979. The Balaban J connectivity index is 2.10. The molecule has 2 aromatic rings. The first-order valence-electron chi connectivity index (χ1n) is 6.82. The second-order valence-electron chi connectivity index (χ2n) is 4.56. The van der Waals surface area contributed by atoms with Gasteiger partial charge in [-0.05, 0) is 42.1 Å². The Bertz CT molecular complexity index is 522. The van der Waals surface area contributed by atoms with Crippen molar-refractivity contribution in [2.24, 2.45) is 5.73 Å². The lowest BCUT2D eigenvalue weighted by Crippen LogP contribution is -2.07. The maximum atomic E-state index is 5.96. The molecule has 2 N–H and O–H groups in total. The second kappa shape index (κ2) is 6.95. The Kier molecular flexibility index (Phi) is 4.99. The van der Waals surface area contributed by atoms with Gasteiger partial charge in [-0.3, -0.25) is 0 Å². The molecule has 0 unspecified atom stereocenters. The standard InChI is InChI=1S/C17H21NO/c1-2-14-7-5-6-10-17(14)19-13-16-9-4-3-8-15(16)11-12-18/h3-10H,2,11-13,18H2,1H3. The van der Waals surface area contributed by atoms with Gasteiger partial charge in [-0.25, -0.2) is 0 Å². The Hall–Kier alpha value is -1.80. The van der Waals surface area contributed by atoms with Gasteiger partial charge < -0.3 is 10.5 Å². The predicted molar refractivity (Wildman–Crippen MR) is 79.4 cm³/mol. The van der Waals surface area contributed by atoms with E-state index < -0.39 is 0 Å². The van der Waals surface area contributed by atoms with Gasteiger partial charge in [-0.15, -0.1) is 0 Å². The van der Waals surface area contributed by atoms with Crippen LogP contribution in [0.2, 0.25) is 0 Å². The Morgan fingerprint density at radius 1 is 0.895 bits per heavy atom. The minimum absolute atomic E-state index is 0.604. The largest absolute Gasteiger partial charge is 0.489 e. The number of nitrogens with two attached hydrogens (primary N) is 1. The van der Waals surface area contributed by atoms with E-state index in [-0.39, 0.29) is 0 Å². The van der Waals surface area contributed by atoms with E-state index in [1.165, 1.54) is 16.7 Å². The molecule has 2 rings (SSSR count). The normalized spacial score (nSPS) is 10.4. The number of hydrogen-bond donors (Lipinski definition) is 1. The van der Waals surface area contributed by atoms with Gasteiger partial charge in [0.05, 0.1) is 0 Å².